The van der Waals surface area contributed by atoms with Crippen LogP contribution in [0.5, 0.6) is 0 Å². The summed E-state index contributed by atoms with van der Waals surface area (Å²) in [6.45, 7) is 6.41. The van der Waals surface area contributed by atoms with E-state index in [4.69, 9.17) is 0 Å². The molecule has 0 atom stereocenters. The highest BCUT2D eigenvalue weighted by Gasteiger charge is 2.20. The van der Waals surface area contributed by atoms with E-state index in [0.717, 1.165) is 25.1 Å². The second-order valence-electron chi connectivity index (χ2n) is 6.86. The Morgan fingerprint density at radius 1 is 1.24 bits per heavy atom. The third-order valence-electron chi connectivity index (χ3n) is 4.26. The van der Waals surface area contributed by atoms with Crippen LogP contribution in [-0.4, -0.2) is 33.0 Å². The highest BCUT2D eigenvalue weighted by Crippen LogP contribution is 2.16. The highest BCUT2D eigenvalue weighted by molar-refractivity contribution is 6.03. The van der Waals surface area contributed by atoms with E-state index in [1.165, 1.54) is 0 Å². The van der Waals surface area contributed by atoms with Crippen molar-refractivity contribution < 1.29 is 9.59 Å². The monoisotopic (exact) mass is 340 g/mol. The largest absolute Gasteiger partial charge is 0.338 e. The molecular formula is C19H24N4O2. The maximum atomic E-state index is 12.4. The minimum absolute atomic E-state index is 0.158. The fourth-order valence-electron chi connectivity index (χ4n) is 2.97. The van der Waals surface area contributed by atoms with Gasteiger partial charge in [0.2, 0.25) is 5.91 Å². The molecule has 3 rings (SSSR count). The van der Waals surface area contributed by atoms with Gasteiger partial charge < -0.3 is 10.2 Å². The first kappa shape index (κ1) is 17.2. The summed E-state index contributed by atoms with van der Waals surface area (Å²) in [7, 11) is 0. The predicted octanol–water partition coefficient (Wildman–Crippen LogP) is 2.91. The number of anilines is 1. The summed E-state index contributed by atoms with van der Waals surface area (Å²) in [5.41, 5.74) is 1.63. The molecule has 6 heteroatoms. The van der Waals surface area contributed by atoms with Crippen LogP contribution >= 0.6 is 0 Å². The fourth-order valence-corrected chi connectivity index (χ4v) is 2.97. The van der Waals surface area contributed by atoms with Crippen molar-refractivity contribution in [2.45, 2.75) is 39.8 Å². The van der Waals surface area contributed by atoms with Gasteiger partial charge in [-0.2, -0.15) is 5.10 Å². The lowest BCUT2D eigenvalue weighted by Gasteiger charge is -2.15. The number of nitrogens with one attached hydrogen (secondary N) is 1. The zero-order valence-electron chi connectivity index (χ0n) is 14.7. The average Bonchev–Trinajstić information content (AvgIpc) is 3.17. The number of nitrogens with zero attached hydrogens (tertiary/aromatic N) is 3. The molecule has 0 spiro atoms. The van der Waals surface area contributed by atoms with Crippen LogP contribution in [0.3, 0.4) is 0 Å². The Morgan fingerprint density at radius 2 is 2.00 bits per heavy atom. The van der Waals surface area contributed by atoms with E-state index < -0.39 is 0 Å². The lowest BCUT2D eigenvalue weighted by molar-refractivity contribution is -0.128. The minimum atomic E-state index is -0.158. The standard InChI is InChI=1S/C19H24N4O2/c1-14(2)12-23-17(9-10-20-23)21-19(25)16-7-5-15(6-8-16)13-22-11-3-4-18(22)24/h5-10,14H,3-4,11-13H2,1-2H3,(H,21,25). The molecule has 0 aliphatic carbocycles. The molecule has 0 radical (unpaired) electrons. The molecule has 1 fully saturated rings. The first-order chi connectivity index (χ1) is 12.0. The van der Waals surface area contributed by atoms with Crippen molar-refractivity contribution >= 4 is 17.6 Å². The molecule has 1 aromatic heterocycles. The summed E-state index contributed by atoms with van der Waals surface area (Å²) in [6.07, 6.45) is 3.27. The number of amides is 2. The first-order valence-electron chi connectivity index (χ1n) is 8.73. The van der Waals surface area contributed by atoms with Crippen molar-refractivity contribution in [2.75, 3.05) is 11.9 Å². The average molecular weight is 340 g/mol. The van der Waals surface area contributed by atoms with Gasteiger partial charge in [-0.05, 0) is 30.0 Å². The van der Waals surface area contributed by atoms with Crippen molar-refractivity contribution in [2.24, 2.45) is 5.92 Å². The summed E-state index contributed by atoms with van der Waals surface area (Å²) < 4.78 is 1.80. The van der Waals surface area contributed by atoms with Gasteiger partial charge in [-0.1, -0.05) is 26.0 Å². The topological polar surface area (TPSA) is 67.2 Å². The molecule has 2 aromatic rings. The number of aromatic nitrogens is 2. The normalized spacial score (nSPS) is 14.4. The van der Waals surface area contributed by atoms with E-state index >= 15 is 0 Å². The Labute approximate surface area is 147 Å². The van der Waals surface area contributed by atoms with E-state index in [2.05, 4.69) is 24.3 Å². The molecule has 25 heavy (non-hydrogen) atoms. The fraction of sp³-hybridized carbons (Fsp3) is 0.421. The minimum Gasteiger partial charge on any atom is -0.338 e. The molecule has 1 aromatic carbocycles. The molecule has 0 saturated carbocycles. The molecule has 132 valence electrons. The first-order valence-corrected chi connectivity index (χ1v) is 8.73. The quantitative estimate of drug-likeness (QED) is 0.879. The summed E-state index contributed by atoms with van der Waals surface area (Å²) in [6, 6.07) is 9.22. The number of benzene rings is 1. The molecule has 0 bridgehead atoms. The lowest BCUT2D eigenvalue weighted by Crippen LogP contribution is -2.23. The van der Waals surface area contributed by atoms with E-state index in [9.17, 15) is 9.59 Å². The summed E-state index contributed by atoms with van der Waals surface area (Å²) in [4.78, 5) is 26.0. The number of hydrogen-bond acceptors (Lipinski definition) is 3. The van der Waals surface area contributed by atoms with Crippen LogP contribution in [0.1, 0.15) is 42.6 Å². The Morgan fingerprint density at radius 3 is 2.64 bits per heavy atom. The second kappa shape index (κ2) is 7.51. The predicted molar refractivity (Wildman–Crippen MR) is 96.1 cm³/mol. The summed E-state index contributed by atoms with van der Waals surface area (Å²) >= 11 is 0. The molecule has 1 aliphatic rings. The van der Waals surface area contributed by atoms with E-state index in [-0.39, 0.29) is 11.8 Å². The third-order valence-corrected chi connectivity index (χ3v) is 4.26. The van der Waals surface area contributed by atoms with Crippen molar-refractivity contribution in [3.05, 3.63) is 47.7 Å². The third kappa shape index (κ3) is 4.26. The zero-order chi connectivity index (χ0) is 17.8. The van der Waals surface area contributed by atoms with Crippen molar-refractivity contribution in [1.29, 1.82) is 0 Å². The Kier molecular flexibility index (Phi) is 5.16. The zero-order valence-corrected chi connectivity index (χ0v) is 14.7. The summed E-state index contributed by atoms with van der Waals surface area (Å²) in [5, 5.41) is 7.15. The summed E-state index contributed by atoms with van der Waals surface area (Å²) in [5.74, 6) is 1.20. The SMILES string of the molecule is CC(C)Cn1nccc1NC(=O)c1ccc(CN2CCCC2=O)cc1. The van der Waals surface area contributed by atoms with Crippen LogP contribution < -0.4 is 5.32 Å². The van der Waals surface area contributed by atoms with Gasteiger partial charge in [0.15, 0.2) is 0 Å². The molecule has 6 nitrogen and oxygen atoms in total. The van der Waals surface area contributed by atoms with E-state index in [0.29, 0.717) is 30.3 Å². The highest BCUT2D eigenvalue weighted by atomic mass is 16.2. The lowest BCUT2D eigenvalue weighted by atomic mass is 10.1. The Bertz CT molecular complexity index is 749. The van der Waals surface area contributed by atoms with Gasteiger partial charge in [-0.25, -0.2) is 4.68 Å². The molecule has 1 aliphatic heterocycles. The van der Waals surface area contributed by atoms with Crippen molar-refractivity contribution in [3.8, 4) is 0 Å². The maximum absolute atomic E-state index is 12.4. The van der Waals surface area contributed by atoms with Crippen molar-refractivity contribution in [3.63, 3.8) is 0 Å². The van der Waals surface area contributed by atoms with Crippen molar-refractivity contribution in [1.82, 2.24) is 14.7 Å². The van der Waals surface area contributed by atoms with Crippen LogP contribution in [-0.2, 0) is 17.9 Å². The molecule has 1 N–H and O–H groups in total. The van der Waals surface area contributed by atoms with Crippen LogP contribution in [0.2, 0.25) is 0 Å². The van der Waals surface area contributed by atoms with Crippen LogP contribution in [0.4, 0.5) is 5.82 Å². The van der Waals surface area contributed by atoms with Gasteiger partial charge in [0.05, 0.1) is 6.20 Å². The maximum Gasteiger partial charge on any atom is 0.256 e. The molecular weight excluding hydrogens is 316 g/mol. The number of carbonyl (C=O) groups excluding carboxylic acids is 2. The van der Waals surface area contributed by atoms with Crippen LogP contribution in [0, 0.1) is 5.92 Å². The van der Waals surface area contributed by atoms with E-state index in [1.807, 2.05) is 17.0 Å². The smallest absolute Gasteiger partial charge is 0.256 e. The second-order valence-corrected chi connectivity index (χ2v) is 6.86. The van der Waals surface area contributed by atoms with Crippen LogP contribution in [0.25, 0.3) is 0 Å². The Hall–Kier alpha value is -2.63. The molecule has 2 amide bonds. The molecule has 2 heterocycles. The van der Waals surface area contributed by atoms with Crippen LogP contribution in [0.15, 0.2) is 36.5 Å². The molecule has 0 unspecified atom stereocenters. The number of carbonyl (C=O) groups is 2. The molecule has 1 saturated heterocycles. The van der Waals surface area contributed by atoms with Gasteiger partial charge in [0.1, 0.15) is 5.82 Å². The van der Waals surface area contributed by atoms with Gasteiger partial charge in [0.25, 0.3) is 5.91 Å². The van der Waals surface area contributed by atoms with Gasteiger partial charge in [-0.3, -0.25) is 9.59 Å². The van der Waals surface area contributed by atoms with Gasteiger partial charge >= 0.3 is 0 Å². The number of hydrogen-bond donors (Lipinski definition) is 1. The number of rotatable bonds is 6. The van der Waals surface area contributed by atoms with E-state index in [1.54, 1.807) is 29.1 Å². The Balaban J connectivity index is 1.63. The number of likely N-dealkylation sites (tertiary alicyclic amines) is 1. The van der Waals surface area contributed by atoms with Gasteiger partial charge in [-0.15, -0.1) is 0 Å². The van der Waals surface area contributed by atoms with Gasteiger partial charge in [0, 0.05) is 37.7 Å².